The number of amides is 1. The van der Waals surface area contributed by atoms with Crippen LogP contribution >= 0.6 is 0 Å². The van der Waals surface area contributed by atoms with Crippen molar-refractivity contribution >= 4 is 28.5 Å². The number of halogens is 1. The molecule has 0 spiro atoms. The number of hydrogen-bond acceptors (Lipinski definition) is 3. The molecule has 2 N–H and O–H groups in total. The summed E-state index contributed by atoms with van der Waals surface area (Å²) < 4.78 is 14.2. The average molecular weight is 394 g/mol. The lowest BCUT2D eigenvalue weighted by molar-refractivity contribution is -0.110. The molecule has 0 bridgehead atoms. The first-order valence-corrected chi connectivity index (χ1v) is 10.5. The first-order chi connectivity index (χ1) is 14.1. The number of rotatable bonds is 5. The first kappa shape index (κ1) is 19.5. The van der Waals surface area contributed by atoms with Crippen LogP contribution in [0.25, 0.3) is 5.57 Å². The van der Waals surface area contributed by atoms with Crippen molar-refractivity contribution in [2.45, 2.75) is 39.5 Å². The highest BCUT2D eigenvalue weighted by molar-refractivity contribution is 6.31. The summed E-state index contributed by atoms with van der Waals surface area (Å²) in [6, 6.07) is 10.9. The topological polar surface area (TPSA) is 44.4 Å². The maximum atomic E-state index is 14.2. The molecular weight excluding hydrogens is 365 g/mol. The van der Waals surface area contributed by atoms with Crippen molar-refractivity contribution in [3.05, 3.63) is 59.5 Å². The van der Waals surface area contributed by atoms with Gasteiger partial charge in [0.05, 0.1) is 11.3 Å². The van der Waals surface area contributed by atoms with Gasteiger partial charge in [0.15, 0.2) is 0 Å². The van der Waals surface area contributed by atoms with Gasteiger partial charge in [0, 0.05) is 36.2 Å². The van der Waals surface area contributed by atoms with E-state index < -0.39 is 5.82 Å². The standard InChI is InChI=1S/C24H28FN3O/c1-3-5-17-10-12-28(13-11-17)22-9-8-18(14-16(22)2)26-15-19-23-20(25)6-4-7-21(23)27-24(19)29/h4,6-9,14-15,17,26H,3,5,10-13H2,1-2H3,(H,27,29). The van der Waals surface area contributed by atoms with Gasteiger partial charge in [-0.3, -0.25) is 4.79 Å². The summed E-state index contributed by atoms with van der Waals surface area (Å²) >= 11 is 0. The number of fused-ring (bicyclic) bond motifs is 1. The molecule has 2 aromatic rings. The lowest BCUT2D eigenvalue weighted by Crippen LogP contribution is -2.34. The maximum Gasteiger partial charge on any atom is 0.257 e. The van der Waals surface area contributed by atoms with E-state index in [-0.39, 0.29) is 5.91 Å². The second kappa shape index (κ2) is 8.27. The Hall–Kier alpha value is -2.82. The molecule has 1 fully saturated rings. The van der Waals surface area contributed by atoms with E-state index in [9.17, 15) is 9.18 Å². The second-order valence-corrected chi connectivity index (χ2v) is 8.04. The number of anilines is 3. The zero-order valence-electron chi connectivity index (χ0n) is 17.1. The Bertz CT molecular complexity index is 945. The molecule has 2 aliphatic rings. The van der Waals surface area contributed by atoms with E-state index in [2.05, 4.69) is 41.5 Å². The van der Waals surface area contributed by atoms with Gasteiger partial charge < -0.3 is 15.5 Å². The molecule has 1 amide bonds. The fourth-order valence-electron chi connectivity index (χ4n) is 4.47. The normalized spacial score (nSPS) is 18.1. The van der Waals surface area contributed by atoms with E-state index in [1.165, 1.54) is 43.0 Å². The van der Waals surface area contributed by atoms with Gasteiger partial charge in [0.1, 0.15) is 5.82 Å². The van der Waals surface area contributed by atoms with Crippen LogP contribution in [0, 0.1) is 18.7 Å². The molecule has 0 radical (unpaired) electrons. The number of piperidine rings is 1. The van der Waals surface area contributed by atoms with E-state index in [4.69, 9.17) is 0 Å². The number of nitrogens with zero attached hydrogens (tertiary/aromatic N) is 1. The lowest BCUT2D eigenvalue weighted by atomic mass is 9.92. The molecule has 2 aromatic carbocycles. The van der Waals surface area contributed by atoms with E-state index in [1.807, 2.05) is 6.07 Å². The molecule has 152 valence electrons. The molecule has 0 aliphatic carbocycles. The summed E-state index contributed by atoms with van der Waals surface area (Å²) in [4.78, 5) is 14.7. The Morgan fingerprint density at radius 2 is 2.03 bits per heavy atom. The van der Waals surface area contributed by atoms with E-state index >= 15 is 0 Å². The van der Waals surface area contributed by atoms with Crippen molar-refractivity contribution in [3.8, 4) is 0 Å². The van der Waals surface area contributed by atoms with Crippen LogP contribution in [0.15, 0.2) is 42.6 Å². The Morgan fingerprint density at radius 1 is 1.24 bits per heavy atom. The molecule has 1 saturated heterocycles. The fourth-order valence-corrected chi connectivity index (χ4v) is 4.47. The van der Waals surface area contributed by atoms with Crippen molar-refractivity contribution in [1.82, 2.24) is 0 Å². The highest BCUT2D eigenvalue weighted by Crippen LogP contribution is 2.34. The number of hydrogen-bond donors (Lipinski definition) is 2. The van der Waals surface area contributed by atoms with Gasteiger partial charge in [-0.15, -0.1) is 0 Å². The van der Waals surface area contributed by atoms with Crippen LogP contribution in [-0.4, -0.2) is 19.0 Å². The summed E-state index contributed by atoms with van der Waals surface area (Å²) in [5, 5.41) is 5.88. The highest BCUT2D eigenvalue weighted by atomic mass is 19.1. The van der Waals surface area contributed by atoms with Crippen LogP contribution in [0.4, 0.5) is 21.5 Å². The minimum atomic E-state index is -0.396. The molecule has 5 heteroatoms. The zero-order chi connectivity index (χ0) is 20.4. The number of benzene rings is 2. The van der Waals surface area contributed by atoms with Gasteiger partial charge in [0.25, 0.3) is 5.91 Å². The fraction of sp³-hybridized carbons (Fsp3) is 0.375. The highest BCUT2D eigenvalue weighted by Gasteiger charge is 2.27. The van der Waals surface area contributed by atoms with Gasteiger partial charge in [-0.2, -0.15) is 0 Å². The molecule has 0 aromatic heterocycles. The van der Waals surface area contributed by atoms with Crippen LogP contribution in [-0.2, 0) is 4.79 Å². The lowest BCUT2D eigenvalue weighted by Gasteiger charge is -2.34. The summed E-state index contributed by atoms with van der Waals surface area (Å²) in [5.41, 5.74) is 4.52. The van der Waals surface area contributed by atoms with Gasteiger partial charge in [-0.1, -0.05) is 25.8 Å². The van der Waals surface area contributed by atoms with Crippen molar-refractivity contribution in [2.24, 2.45) is 5.92 Å². The minimum Gasteiger partial charge on any atom is -0.371 e. The molecule has 4 rings (SSSR count). The Kier molecular flexibility index (Phi) is 5.56. The first-order valence-electron chi connectivity index (χ1n) is 10.5. The van der Waals surface area contributed by atoms with Gasteiger partial charge in [-0.05, 0) is 61.6 Å². The van der Waals surface area contributed by atoms with Crippen molar-refractivity contribution in [1.29, 1.82) is 0 Å². The summed E-state index contributed by atoms with van der Waals surface area (Å²) in [6.45, 7) is 6.60. The van der Waals surface area contributed by atoms with Crippen molar-refractivity contribution in [3.63, 3.8) is 0 Å². The molecular formula is C24H28FN3O. The molecule has 0 atom stereocenters. The number of carbonyl (C=O) groups excluding carboxylic acids is 1. The van der Waals surface area contributed by atoms with E-state index in [0.717, 1.165) is 24.7 Å². The van der Waals surface area contributed by atoms with Crippen LogP contribution in [0.3, 0.4) is 0 Å². The monoisotopic (exact) mass is 393 g/mol. The number of carbonyl (C=O) groups is 1. The largest absolute Gasteiger partial charge is 0.371 e. The third-order valence-corrected chi connectivity index (χ3v) is 6.01. The molecule has 0 saturated carbocycles. The van der Waals surface area contributed by atoms with E-state index in [0.29, 0.717) is 16.8 Å². The average Bonchev–Trinajstić information content (AvgIpc) is 3.04. The smallest absolute Gasteiger partial charge is 0.257 e. The van der Waals surface area contributed by atoms with Gasteiger partial charge in [-0.25, -0.2) is 4.39 Å². The summed E-state index contributed by atoms with van der Waals surface area (Å²) in [5.74, 6) is 0.178. The molecule has 2 heterocycles. The predicted octanol–water partition coefficient (Wildman–Crippen LogP) is 5.56. The van der Waals surface area contributed by atoms with Crippen molar-refractivity contribution in [2.75, 3.05) is 28.6 Å². The van der Waals surface area contributed by atoms with E-state index in [1.54, 1.807) is 18.3 Å². The Balaban J connectivity index is 1.47. The third-order valence-electron chi connectivity index (χ3n) is 6.01. The Labute approximate surface area is 171 Å². The Morgan fingerprint density at radius 3 is 2.76 bits per heavy atom. The maximum absolute atomic E-state index is 14.2. The minimum absolute atomic E-state index is 0.291. The SMILES string of the molecule is CCCC1CCN(c2ccc(NC=C3C(=O)Nc4cccc(F)c43)cc2C)CC1. The zero-order valence-corrected chi connectivity index (χ0v) is 17.1. The number of aryl methyl sites for hydroxylation is 1. The molecule has 4 nitrogen and oxygen atoms in total. The van der Waals surface area contributed by atoms with Crippen LogP contribution < -0.4 is 15.5 Å². The van der Waals surface area contributed by atoms with Crippen LogP contribution in [0.2, 0.25) is 0 Å². The third kappa shape index (κ3) is 4.00. The molecule has 2 aliphatic heterocycles. The van der Waals surface area contributed by atoms with Crippen molar-refractivity contribution < 1.29 is 9.18 Å². The van der Waals surface area contributed by atoms with Gasteiger partial charge in [0.2, 0.25) is 0 Å². The summed E-state index contributed by atoms with van der Waals surface area (Å²) in [7, 11) is 0. The van der Waals surface area contributed by atoms with Crippen LogP contribution in [0.1, 0.15) is 43.7 Å². The van der Waals surface area contributed by atoms with Gasteiger partial charge >= 0.3 is 0 Å². The van der Waals surface area contributed by atoms with Crippen LogP contribution in [0.5, 0.6) is 0 Å². The quantitative estimate of drug-likeness (QED) is 0.654. The summed E-state index contributed by atoms with van der Waals surface area (Å²) in [6.07, 6.45) is 6.72. The molecule has 0 unspecified atom stereocenters. The predicted molar refractivity (Wildman–Crippen MR) is 118 cm³/mol. The second-order valence-electron chi connectivity index (χ2n) is 8.04. The molecule has 29 heavy (non-hydrogen) atoms. The number of nitrogens with one attached hydrogen (secondary N) is 2.